The number of benzene rings is 2. The standard InChI is InChI=1S/C39H62N4O5S2/c1-34(2,3)40-42-38(13,47-29-17-21-31(22-18-29)49-36(7,8)9)25-15-27-45-33(44)46-28-16-26-39(14,43-41-35(4,5)6)48-30-19-23-32(24-20-30)50-37(10,11)12/h17-24H,15-16,25-28H2,1-14H3/b42-40+,43-41+. The lowest BCUT2D eigenvalue weighted by atomic mass is 10.1. The lowest BCUT2D eigenvalue weighted by molar-refractivity contribution is 0.0312. The van der Waals surface area contributed by atoms with Crippen molar-refractivity contribution in [2.24, 2.45) is 20.5 Å². The third-order valence-electron chi connectivity index (χ3n) is 6.30. The number of hydrogen-bond acceptors (Lipinski definition) is 11. The molecule has 11 heteroatoms. The van der Waals surface area contributed by atoms with Gasteiger partial charge in [0.05, 0.1) is 24.3 Å². The van der Waals surface area contributed by atoms with Gasteiger partial charge in [-0.25, -0.2) is 4.79 Å². The van der Waals surface area contributed by atoms with Crippen LogP contribution < -0.4 is 9.47 Å². The maximum absolute atomic E-state index is 12.5. The van der Waals surface area contributed by atoms with E-state index in [2.05, 4.69) is 86.3 Å². The van der Waals surface area contributed by atoms with Crippen LogP contribution in [0.15, 0.2) is 78.8 Å². The summed E-state index contributed by atoms with van der Waals surface area (Å²) in [5.41, 5.74) is -2.58. The first-order valence-electron chi connectivity index (χ1n) is 17.5. The number of carbonyl (C=O) groups is 1. The smallest absolute Gasteiger partial charge is 0.465 e. The fourth-order valence-electron chi connectivity index (χ4n) is 4.27. The van der Waals surface area contributed by atoms with Crippen LogP contribution >= 0.6 is 23.5 Å². The molecular formula is C39H62N4O5S2. The van der Waals surface area contributed by atoms with Gasteiger partial charge in [-0.3, -0.25) is 0 Å². The van der Waals surface area contributed by atoms with Crippen LogP contribution in [-0.4, -0.2) is 51.4 Å². The molecule has 0 spiro atoms. The molecule has 0 bridgehead atoms. The van der Waals surface area contributed by atoms with Crippen LogP contribution in [0.5, 0.6) is 11.5 Å². The molecule has 50 heavy (non-hydrogen) atoms. The summed E-state index contributed by atoms with van der Waals surface area (Å²) in [4.78, 5) is 14.8. The van der Waals surface area contributed by atoms with Gasteiger partial charge < -0.3 is 18.9 Å². The van der Waals surface area contributed by atoms with Gasteiger partial charge in [0.1, 0.15) is 11.5 Å². The molecule has 0 heterocycles. The van der Waals surface area contributed by atoms with Crippen LogP contribution in [-0.2, 0) is 9.47 Å². The summed E-state index contributed by atoms with van der Waals surface area (Å²) in [6.45, 7) is 29.2. The van der Waals surface area contributed by atoms with Crippen LogP contribution in [0.2, 0.25) is 0 Å². The molecule has 280 valence electrons. The SMILES string of the molecule is CC(C)(C)/N=N/C(C)(CCCOC(=O)OCCCC(C)(/N=N/C(C)(C)C)Oc1ccc(SC(C)(C)C)cc1)Oc1ccc(SC(C)(C)C)cc1. The highest BCUT2D eigenvalue weighted by Crippen LogP contribution is 2.35. The topological polar surface area (TPSA) is 103 Å². The van der Waals surface area contributed by atoms with E-state index in [1.54, 1.807) is 23.5 Å². The Balaban J connectivity index is 1.92. The van der Waals surface area contributed by atoms with Gasteiger partial charge in [-0.1, -0.05) is 41.5 Å². The second kappa shape index (κ2) is 18.1. The minimum Gasteiger partial charge on any atom is -0.465 e. The maximum Gasteiger partial charge on any atom is 0.508 e. The van der Waals surface area contributed by atoms with Crippen LogP contribution in [0.25, 0.3) is 0 Å². The summed E-state index contributed by atoms with van der Waals surface area (Å²) in [5, 5.41) is 18.1. The highest BCUT2D eigenvalue weighted by molar-refractivity contribution is 8.00. The number of hydrogen-bond donors (Lipinski definition) is 0. The fraction of sp³-hybridized carbons (Fsp3) is 0.667. The first-order chi connectivity index (χ1) is 22.8. The molecule has 0 aliphatic rings. The van der Waals surface area contributed by atoms with E-state index in [4.69, 9.17) is 18.9 Å². The summed E-state index contributed by atoms with van der Waals surface area (Å²) in [5.74, 6) is 1.40. The van der Waals surface area contributed by atoms with Gasteiger partial charge in [0.15, 0.2) is 0 Å². The number of thioether (sulfide) groups is 2. The second-order valence-corrected chi connectivity index (χ2v) is 20.6. The molecule has 0 saturated heterocycles. The Kier molecular flexibility index (Phi) is 15.7. The van der Waals surface area contributed by atoms with E-state index in [9.17, 15) is 4.79 Å². The number of rotatable bonds is 16. The van der Waals surface area contributed by atoms with Crippen LogP contribution in [0.4, 0.5) is 4.79 Å². The lowest BCUT2D eigenvalue weighted by Crippen LogP contribution is -2.31. The van der Waals surface area contributed by atoms with E-state index in [1.165, 1.54) is 9.79 Å². The summed E-state index contributed by atoms with van der Waals surface area (Å²) in [6, 6.07) is 16.0. The van der Waals surface area contributed by atoms with Crippen molar-refractivity contribution in [3.63, 3.8) is 0 Å². The van der Waals surface area contributed by atoms with Crippen molar-refractivity contribution in [2.45, 2.75) is 164 Å². The molecule has 2 atom stereocenters. The summed E-state index contributed by atoms with van der Waals surface area (Å²) < 4.78 is 23.7. The molecule has 0 saturated carbocycles. The first-order valence-corrected chi connectivity index (χ1v) is 19.1. The van der Waals surface area contributed by atoms with E-state index >= 15 is 0 Å². The molecule has 0 N–H and O–H groups in total. The molecule has 2 aromatic rings. The fourth-order valence-corrected chi connectivity index (χ4v) is 6.23. The summed E-state index contributed by atoms with van der Waals surface area (Å²) in [7, 11) is 0. The minimum atomic E-state index is -0.933. The Hall–Kier alpha value is -2.79. The molecule has 2 rings (SSSR count). The van der Waals surface area contributed by atoms with Gasteiger partial charge in [0.25, 0.3) is 0 Å². The van der Waals surface area contributed by atoms with Crippen LogP contribution in [0.1, 0.15) is 123 Å². The van der Waals surface area contributed by atoms with Crippen molar-refractivity contribution >= 4 is 29.7 Å². The highest BCUT2D eigenvalue weighted by Gasteiger charge is 2.29. The predicted octanol–water partition coefficient (Wildman–Crippen LogP) is 12.6. The van der Waals surface area contributed by atoms with Crippen molar-refractivity contribution in [2.75, 3.05) is 13.2 Å². The van der Waals surface area contributed by atoms with Gasteiger partial charge in [-0.15, -0.1) is 33.8 Å². The van der Waals surface area contributed by atoms with E-state index in [0.29, 0.717) is 37.2 Å². The number of carbonyl (C=O) groups excluding carboxylic acids is 1. The zero-order chi connectivity index (χ0) is 37.9. The molecule has 9 nitrogen and oxygen atoms in total. The third-order valence-corrected chi connectivity index (χ3v) is 8.54. The summed E-state index contributed by atoms with van der Waals surface area (Å²) in [6.07, 6.45) is 1.28. The zero-order valence-electron chi connectivity index (χ0n) is 33.0. The maximum atomic E-state index is 12.5. The molecule has 0 aliphatic carbocycles. The highest BCUT2D eigenvalue weighted by atomic mass is 32.2. The lowest BCUT2D eigenvalue weighted by Gasteiger charge is -2.27. The predicted molar refractivity (Wildman–Crippen MR) is 207 cm³/mol. The Labute approximate surface area is 310 Å². The van der Waals surface area contributed by atoms with Gasteiger partial charge in [0.2, 0.25) is 11.4 Å². The Morgan fingerprint density at radius 1 is 0.520 bits per heavy atom. The monoisotopic (exact) mass is 730 g/mol. The van der Waals surface area contributed by atoms with Gasteiger partial charge >= 0.3 is 6.16 Å². The average molecular weight is 731 g/mol. The summed E-state index contributed by atoms with van der Waals surface area (Å²) >= 11 is 3.60. The Morgan fingerprint density at radius 2 is 0.840 bits per heavy atom. The van der Waals surface area contributed by atoms with Crippen molar-refractivity contribution in [1.82, 2.24) is 0 Å². The molecule has 0 aromatic heterocycles. The molecule has 0 radical (unpaired) electrons. The van der Waals surface area contributed by atoms with E-state index in [-0.39, 0.29) is 33.8 Å². The largest absolute Gasteiger partial charge is 0.508 e. The Morgan fingerprint density at radius 3 is 1.12 bits per heavy atom. The van der Waals surface area contributed by atoms with Gasteiger partial charge in [-0.05, 0) is 117 Å². The molecule has 2 aromatic carbocycles. The normalized spacial score (nSPS) is 15.5. The Bertz CT molecular complexity index is 1280. The van der Waals surface area contributed by atoms with Crippen molar-refractivity contribution < 1.29 is 23.7 Å². The number of azo groups is 2. The van der Waals surface area contributed by atoms with Crippen molar-refractivity contribution in [3.8, 4) is 11.5 Å². The third kappa shape index (κ3) is 19.6. The second-order valence-electron chi connectivity index (χ2n) is 16.8. The number of ether oxygens (including phenoxy) is 4. The first kappa shape index (κ1) is 43.4. The molecule has 0 amide bonds. The van der Waals surface area contributed by atoms with E-state index in [0.717, 1.165) is 0 Å². The van der Waals surface area contributed by atoms with E-state index < -0.39 is 17.6 Å². The number of nitrogens with zero attached hydrogens (tertiary/aromatic N) is 4. The van der Waals surface area contributed by atoms with Gasteiger partial charge in [-0.2, -0.15) is 10.2 Å². The quantitative estimate of drug-likeness (QED) is 0.0733. The van der Waals surface area contributed by atoms with Crippen molar-refractivity contribution in [3.05, 3.63) is 48.5 Å². The van der Waals surface area contributed by atoms with Crippen LogP contribution in [0.3, 0.4) is 0 Å². The minimum absolute atomic E-state index is 0.116. The molecule has 0 aliphatic heterocycles. The molecule has 2 unspecified atom stereocenters. The van der Waals surface area contributed by atoms with Crippen molar-refractivity contribution in [1.29, 1.82) is 0 Å². The molecule has 0 fully saturated rings. The van der Waals surface area contributed by atoms with E-state index in [1.807, 2.05) is 79.7 Å². The zero-order valence-corrected chi connectivity index (χ0v) is 34.6. The average Bonchev–Trinajstić information content (AvgIpc) is 2.96. The van der Waals surface area contributed by atoms with Gasteiger partial charge in [0, 0.05) is 32.1 Å². The molecular weight excluding hydrogens is 669 g/mol. The van der Waals surface area contributed by atoms with Crippen LogP contribution in [0, 0.1) is 0 Å².